The Balaban J connectivity index is 1.97. The van der Waals surface area contributed by atoms with Crippen molar-refractivity contribution in [3.05, 3.63) is 29.3 Å². The maximum Gasteiger partial charge on any atom is 0.225 e. The molecule has 1 aromatic rings. The molecule has 2 aliphatic heterocycles. The molecule has 1 fully saturated rings. The second kappa shape index (κ2) is 5.55. The van der Waals surface area contributed by atoms with E-state index < -0.39 is 18.0 Å². The van der Waals surface area contributed by atoms with Crippen LogP contribution < -0.4 is 4.74 Å². The molecule has 0 aromatic heterocycles. The molecule has 2 aliphatic rings. The molecule has 1 saturated heterocycles. The van der Waals surface area contributed by atoms with Crippen molar-refractivity contribution in [2.24, 2.45) is 0 Å². The first-order valence-corrected chi connectivity index (χ1v) is 7.07. The van der Waals surface area contributed by atoms with Gasteiger partial charge in [0, 0.05) is 18.6 Å². The van der Waals surface area contributed by atoms with Gasteiger partial charge in [-0.25, -0.2) is 0 Å². The number of ether oxygens (including phenoxy) is 3. The van der Waals surface area contributed by atoms with Crippen molar-refractivity contribution in [3.63, 3.8) is 0 Å². The van der Waals surface area contributed by atoms with Gasteiger partial charge in [-0.2, -0.15) is 0 Å². The summed E-state index contributed by atoms with van der Waals surface area (Å²) in [7, 11) is 1.58. The van der Waals surface area contributed by atoms with E-state index in [4.69, 9.17) is 19.3 Å². The molecule has 6 heteroatoms. The molecule has 4 atom stereocenters. The van der Waals surface area contributed by atoms with Gasteiger partial charge >= 0.3 is 0 Å². The molecule has 0 aliphatic carbocycles. The minimum atomic E-state index is -1.36. The number of hydrogen-bond acceptors (Lipinski definition) is 6. The molecule has 1 spiro atoms. The Morgan fingerprint density at radius 2 is 2.19 bits per heavy atom. The third-order valence-electron chi connectivity index (χ3n) is 4.18. The summed E-state index contributed by atoms with van der Waals surface area (Å²) in [5.74, 6) is -0.661. The molecule has 21 heavy (non-hydrogen) atoms. The molecule has 0 saturated carbocycles. The monoisotopic (exact) mass is 296 g/mol. The third kappa shape index (κ3) is 2.33. The van der Waals surface area contributed by atoms with Crippen molar-refractivity contribution in [1.82, 2.24) is 0 Å². The van der Waals surface area contributed by atoms with Crippen LogP contribution in [-0.4, -0.2) is 47.3 Å². The zero-order chi connectivity index (χ0) is 15.0. The van der Waals surface area contributed by atoms with Crippen LogP contribution >= 0.6 is 0 Å². The highest BCUT2D eigenvalue weighted by Crippen LogP contribution is 2.46. The molecular formula is C15H20O6. The van der Waals surface area contributed by atoms with Crippen LogP contribution in [0, 0.1) is 0 Å². The summed E-state index contributed by atoms with van der Waals surface area (Å²) in [4.78, 5) is 0. The molecule has 3 rings (SSSR count). The number of hydrogen-bond donors (Lipinski definition) is 3. The normalized spacial score (nSPS) is 35.0. The standard InChI is InChI=1S/C15H20O6/c1-19-10-2-3-12-9(6-10)8-20-15(12)14(18)13(17)7-11(21-15)4-5-16/h2-3,6,11,13-14,16-18H,4-5,7-8H2,1H3/t11-,13+,14-,15-/m1/s1. The van der Waals surface area contributed by atoms with Crippen LogP contribution in [0.4, 0.5) is 0 Å². The van der Waals surface area contributed by atoms with E-state index in [2.05, 4.69) is 0 Å². The average molecular weight is 296 g/mol. The highest BCUT2D eigenvalue weighted by Gasteiger charge is 2.55. The fraction of sp³-hybridized carbons (Fsp3) is 0.600. The summed E-state index contributed by atoms with van der Waals surface area (Å²) >= 11 is 0. The third-order valence-corrected chi connectivity index (χ3v) is 4.18. The SMILES string of the molecule is COc1ccc2c(c1)CO[C@@]21O[C@H](CCO)C[C@H](O)[C@H]1O. The first kappa shape index (κ1) is 14.7. The Hall–Kier alpha value is -1.18. The Morgan fingerprint density at radius 3 is 2.90 bits per heavy atom. The fourth-order valence-electron chi connectivity index (χ4n) is 3.10. The Bertz CT molecular complexity index is 519. The first-order chi connectivity index (χ1) is 10.1. The second-order valence-corrected chi connectivity index (χ2v) is 5.48. The van der Waals surface area contributed by atoms with Gasteiger partial charge in [-0.3, -0.25) is 0 Å². The minimum absolute atomic E-state index is 0.0426. The lowest BCUT2D eigenvalue weighted by molar-refractivity contribution is -0.345. The number of methoxy groups -OCH3 is 1. The quantitative estimate of drug-likeness (QED) is 0.742. The van der Waals surface area contributed by atoms with Gasteiger partial charge in [0.1, 0.15) is 11.9 Å². The number of fused-ring (bicyclic) bond motifs is 2. The largest absolute Gasteiger partial charge is 0.497 e. The summed E-state index contributed by atoms with van der Waals surface area (Å²) in [5.41, 5.74) is 1.57. The Labute approximate surface area is 122 Å². The van der Waals surface area contributed by atoms with Gasteiger partial charge in [-0.15, -0.1) is 0 Å². The van der Waals surface area contributed by atoms with Crippen molar-refractivity contribution in [2.45, 2.75) is 43.5 Å². The van der Waals surface area contributed by atoms with Crippen molar-refractivity contribution < 1.29 is 29.5 Å². The summed E-state index contributed by atoms with van der Waals surface area (Å²) in [6.07, 6.45) is -1.81. The highest BCUT2D eigenvalue weighted by molar-refractivity contribution is 5.41. The molecule has 2 heterocycles. The van der Waals surface area contributed by atoms with Crippen LogP contribution in [0.1, 0.15) is 24.0 Å². The van der Waals surface area contributed by atoms with E-state index >= 15 is 0 Å². The molecule has 6 nitrogen and oxygen atoms in total. The maximum absolute atomic E-state index is 10.4. The molecular weight excluding hydrogens is 276 g/mol. The van der Waals surface area contributed by atoms with E-state index in [0.717, 1.165) is 5.56 Å². The van der Waals surface area contributed by atoms with E-state index in [1.54, 1.807) is 19.2 Å². The molecule has 0 amide bonds. The number of benzene rings is 1. The van der Waals surface area contributed by atoms with Gasteiger partial charge in [0.15, 0.2) is 0 Å². The summed E-state index contributed by atoms with van der Waals surface area (Å²) < 4.78 is 16.8. The zero-order valence-electron chi connectivity index (χ0n) is 11.9. The van der Waals surface area contributed by atoms with Gasteiger partial charge < -0.3 is 29.5 Å². The maximum atomic E-state index is 10.4. The number of aliphatic hydroxyl groups excluding tert-OH is 3. The molecule has 0 bridgehead atoms. The Morgan fingerprint density at radius 1 is 1.38 bits per heavy atom. The van der Waals surface area contributed by atoms with Crippen LogP contribution in [-0.2, 0) is 21.9 Å². The zero-order valence-corrected chi connectivity index (χ0v) is 11.9. The summed E-state index contributed by atoms with van der Waals surface area (Å²) in [5, 5.41) is 29.6. The van der Waals surface area contributed by atoms with E-state index in [-0.39, 0.29) is 25.7 Å². The number of aliphatic hydroxyl groups is 3. The van der Waals surface area contributed by atoms with Crippen LogP contribution in [0.3, 0.4) is 0 Å². The van der Waals surface area contributed by atoms with Crippen molar-refractivity contribution >= 4 is 0 Å². The van der Waals surface area contributed by atoms with Crippen molar-refractivity contribution in [1.29, 1.82) is 0 Å². The smallest absolute Gasteiger partial charge is 0.225 e. The molecule has 1 aromatic carbocycles. The second-order valence-electron chi connectivity index (χ2n) is 5.48. The topological polar surface area (TPSA) is 88.4 Å². The predicted octanol–water partition coefficient (Wildman–Crippen LogP) is 0.271. The Kier molecular flexibility index (Phi) is 3.90. The van der Waals surface area contributed by atoms with Crippen LogP contribution in [0.15, 0.2) is 18.2 Å². The van der Waals surface area contributed by atoms with Crippen molar-refractivity contribution in [3.8, 4) is 5.75 Å². The number of rotatable bonds is 3. The van der Waals surface area contributed by atoms with Crippen LogP contribution in [0.25, 0.3) is 0 Å². The minimum Gasteiger partial charge on any atom is -0.497 e. The van der Waals surface area contributed by atoms with Crippen molar-refractivity contribution in [2.75, 3.05) is 13.7 Å². The van der Waals surface area contributed by atoms with E-state index in [9.17, 15) is 10.2 Å². The van der Waals surface area contributed by atoms with Gasteiger partial charge in [-0.1, -0.05) is 0 Å². The molecule has 116 valence electrons. The first-order valence-electron chi connectivity index (χ1n) is 7.07. The van der Waals surface area contributed by atoms with E-state index in [0.29, 0.717) is 17.7 Å². The highest BCUT2D eigenvalue weighted by atomic mass is 16.7. The predicted molar refractivity (Wildman–Crippen MR) is 72.7 cm³/mol. The summed E-state index contributed by atoms with van der Waals surface area (Å²) in [6, 6.07) is 5.40. The van der Waals surface area contributed by atoms with E-state index in [1.807, 2.05) is 6.07 Å². The average Bonchev–Trinajstić information content (AvgIpc) is 2.84. The molecule has 0 radical (unpaired) electrons. The van der Waals surface area contributed by atoms with Gasteiger partial charge in [0.05, 0.1) is 25.9 Å². The lowest BCUT2D eigenvalue weighted by Gasteiger charge is -2.44. The van der Waals surface area contributed by atoms with E-state index in [1.165, 1.54) is 0 Å². The molecule has 0 unspecified atom stereocenters. The lowest BCUT2D eigenvalue weighted by Crippen LogP contribution is -2.55. The van der Waals surface area contributed by atoms with Gasteiger partial charge in [-0.05, 0) is 30.2 Å². The van der Waals surface area contributed by atoms with Crippen LogP contribution in [0.2, 0.25) is 0 Å². The fourth-order valence-corrected chi connectivity index (χ4v) is 3.10. The molecule has 3 N–H and O–H groups in total. The van der Waals surface area contributed by atoms with Gasteiger partial charge in [0.2, 0.25) is 5.79 Å². The van der Waals surface area contributed by atoms with Gasteiger partial charge in [0.25, 0.3) is 0 Å². The lowest BCUT2D eigenvalue weighted by atomic mass is 9.88. The van der Waals surface area contributed by atoms with Crippen LogP contribution in [0.5, 0.6) is 5.75 Å². The summed E-state index contributed by atoms with van der Waals surface area (Å²) in [6.45, 7) is 0.237.